The van der Waals surface area contributed by atoms with Gasteiger partial charge in [-0.05, 0) is 54.8 Å². The number of Topliss-reactive ketones (excluding diaryl/α,β-unsaturated/α-hetero) is 1. The third-order valence-corrected chi connectivity index (χ3v) is 9.77. The summed E-state index contributed by atoms with van der Waals surface area (Å²) in [6.07, 6.45) is 1.80. The number of aliphatic hydroxyl groups excluding tert-OH is 1. The SMILES string of the molecule is Cc1cccn2c(C)c(C(O)=C3C(=O)C(=O)N(c4nnc(SCc5ccccc5F)s4)C3c3ccc(Cl)c(Cl)c3)nc12. The number of aromatic nitrogens is 4. The molecule has 2 aromatic carbocycles. The molecular formula is C29H20Cl2FN5O3S2. The number of fused-ring (bicyclic) bond motifs is 1. The lowest BCUT2D eigenvalue weighted by molar-refractivity contribution is -0.132. The number of amides is 1. The Morgan fingerprint density at radius 2 is 1.86 bits per heavy atom. The van der Waals surface area contributed by atoms with Gasteiger partial charge >= 0.3 is 5.91 Å². The van der Waals surface area contributed by atoms with Crippen molar-refractivity contribution in [3.8, 4) is 0 Å². The first-order valence-electron chi connectivity index (χ1n) is 12.6. The van der Waals surface area contributed by atoms with E-state index >= 15 is 0 Å². The summed E-state index contributed by atoms with van der Waals surface area (Å²) < 4.78 is 16.4. The molecule has 1 unspecified atom stereocenters. The van der Waals surface area contributed by atoms with Crippen LogP contribution in [0.4, 0.5) is 9.52 Å². The van der Waals surface area contributed by atoms with Crippen molar-refractivity contribution >= 4 is 74.5 Å². The van der Waals surface area contributed by atoms with Crippen LogP contribution in [-0.2, 0) is 15.3 Å². The lowest BCUT2D eigenvalue weighted by Crippen LogP contribution is -2.29. The molecule has 1 atom stereocenters. The zero-order valence-corrected chi connectivity index (χ0v) is 25.2. The number of nitrogens with zero attached hydrogens (tertiary/aromatic N) is 5. The fourth-order valence-electron chi connectivity index (χ4n) is 4.81. The molecule has 0 radical (unpaired) electrons. The molecule has 0 aliphatic carbocycles. The van der Waals surface area contributed by atoms with Crippen LogP contribution in [-0.4, -0.2) is 36.4 Å². The second-order valence-electron chi connectivity index (χ2n) is 9.50. The second-order valence-corrected chi connectivity index (χ2v) is 12.5. The molecule has 1 aliphatic rings. The average molecular weight is 641 g/mol. The Labute approximate surface area is 257 Å². The number of aryl methyl sites for hydroxylation is 2. The van der Waals surface area contributed by atoms with Crippen LogP contribution < -0.4 is 4.90 Å². The van der Waals surface area contributed by atoms with Gasteiger partial charge in [0, 0.05) is 11.9 Å². The largest absolute Gasteiger partial charge is 0.505 e. The molecule has 4 heterocycles. The van der Waals surface area contributed by atoms with Gasteiger partial charge in [-0.2, -0.15) is 0 Å². The Bertz CT molecular complexity index is 1940. The lowest BCUT2D eigenvalue weighted by atomic mass is 9.96. The minimum Gasteiger partial charge on any atom is -0.505 e. The van der Waals surface area contributed by atoms with E-state index in [0.717, 1.165) is 16.9 Å². The first-order chi connectivity index (χ1) is 20.2. The van der Waals surface area contributed by atoms with Gasteiger partial charge in [0.1, 0.15) is 17.2 Å². The molecule has 212 valence electrons. The van der Waals surface area contributed by atoms with Gasteiger partial charge in [-0.3, -0.25) is 14.5 Å². The molecule has 42 heavy (non-hydrogen) atoms. The number of carbonyl (C=O) groups is 2. The van der Waals surface area contributed by atoms with Crippen molar-refractivity contribution < 1.29 is 19.1 Å². The summed E-state index contributed by atoms with van der Waals surface area (Å²) in [4.78, 5) is 32.9. The van der Waals surface area contributed by atoms with E-state index < -0.39 is 23.5 Å². The van der Waals surface area contributed by atoms with Crippen molar-refractivity contribution in [3.05, 3.63) is 110 Å². The molecular weight excluding hydrogens is 620 g/mol. The highest BCUT2D eigenvalue weighted by Gasteiger charge is 2.49. The van der Waals surface area contributed by atoms with E-state index in [9.17, 15) is 19.1 Å². The maximum absolute atomic E-state index is 14.1. The van der Waals surface area contributed by atoms with Crippen molar-refractivity contribution in [3.63, 3.8) is 0 Å². The molecule has 13 heteroatoms. The Kier molecular flexibility index (Phi) is 7.52. The second kappa shape index (κ2) is 11.1. The fraction of sp³-hybridized carbons (Fsp3) is 0.138. The quantitative estimate of drug-likeness (QED) is 0.0691. The van der Waals surface area contributed by atoms with Crippen molar-refractivity contribution in [1.29, 1.82) is 0 Å². The number of anilines is 1. The summed E-state index contributed by atoms with van der Waals surface area (Å²) in [5, 5.41) is 20.6. The van der Waals surface area contributed by atoms with Crippen molar-refractivity contribution in [1.82, 2.24) is 19.6 Å². The van der Waals surface area contributed by atoms with Crippen LogP contribution in [0, 0.1) is 19.7 Å². The van der Waals surface area contributed by atoms with Crippen LogP contribution in [0.5, 0.6) is 0 Å². The topological polar surface area (TPSA) is 101 Å². The third-order valence-electron chi connectivity index (χ3n) is 6.92. The van der Waals surface area contributed by atoms with E-state index in [2.05, 4.69) is 15.2 Å². The normalized spacial score (nSPS) is 16.6. The van der Waals surface area contributed by atoms with Crippen LogP contribution in [0.3, 0.4) is 0 Å². The summed E-state index contributed by atoms with van der Waals surface area (Å²) >= 11 is 14.8. The van der Waals surface area contributed by atoms with Gasteiger partial charge in [0.05, 0.1) is 27.4 Å². The minimum atomic E-state index is -1.09. The van der Waals surface area contributed by atoms with Gasteiger partial charge in [-0.15, -0.1) is 10.2 Å². The number of hydrogen-bond donors (Lipinski definition) is 1. The van der Waals surface area contributed by atoms with E-state index in [1.165, 1.54) is 28.8 Å². The molecule has 5 aromatic rings. The molecule has 3 aromatic heterocycles. The van der Waals surface area contributed by atoms with Gasteiger partial charge in [0.2, 0.25) is 5.13 Å². The molecule has 0 saturated carbocycles. The smallest absolute Gasteiger partial charge is 0.301 e. The Balaban J connectivity index is 1.46. The monoisotopic (exact) mass is 639 g/mol. The number of benzene rings is 2. The van der Waals surface area contributed by atoms with Crippen molar-refractivity contribution in [2.24, 2.45) is 0 Å². The molecule has 6 rings (SSSR count). The van der Waals surface area contributed by atoms with Crippen LogP contribution in [0.25, 0.3) is 11.4 Å². The molecule has 0 spiro atoms. The van der Waals surface area contributed by atoms with Crippen molar-refractivity contribution in [2.45, 2.75) is 30.0 Å². The van der Waals surface area contributed by atoms with Crippen LogP contribution in [0.15, 0.2) is 70.7 Å². The number of hydrogen-bond acceptors (Lipinski definition) is 8. The predicted molar refractivity (Wildman–Crippen MR) is 162 cm³/mol. The highest BCUT2D eigenvalue weighted by molar-refractivity contribution is 8.00. The molecule has 1 amide bonds. The summed E-state index contributed by atoms with van der Waals surface area (Å²) in [6.45, 7) is 3.65. The maximum Gasteiger partial charge on any atom is 0.301 e. The number of ketones is 1. The molecule has 8 nitrogen and oxygen atoms in total. The molecule has 1 fully saturated rings. The van der Waals surface area contributed by atoms with Gasteiger partial charge in [0.25, 0.3) is 5.78 Å². The highest BCUT2D eigenvalue weighted by Crippen LogP contribution is 2.45. The summed E-state index contributed by atoms with van der Waals surface area (Å²) in [5.41, 5.74) is 3.00. The lowest BCUT2D eigenvalue weighted by Gasteiger charge is -2.22. The first-order valence-corrected chi connectivity index (χ1v) is 15.1. The third kappa shape index (κ3) is 4.86. The Morgan fingerprint density at radius 3 is 2.60 bits per heavy atom. The van der Waals surface area contributed by atoms with Gasteiger partial charge < -0.3 is 9.51 Å². The van der Waals surface area contributed by atoms with Gasteiger partial charge in [-0.25, -0.2) is 9.37 Å². The standard InChI is InChI=1S/C29H20Cl2FN5O3S2/c1-14-6-5-11-36-15(2)22(33-26(14)36)24(38)21-23(16-9-10-18(30)19(31)12-16)37(27(40)25(21)39)28-34-35-29(42-28)41-13-17-7-3-4-8-20(17)32/h3-12,23,38H,13H2,1-2H3. The number of imidazole rings is 1. The summed E-state index contributed by atoms with van der Waals surface area (Å²) in [6, 6.07) is 13.8. The summed E-state index contributed by atoms with van der Waals surface area (Å²) in [5.74, 6) is -2.27. The molecule has 1 N–H and O–H groups in total. The molecule has 1 saturated heterocycles. The van der Waals surface area contributed by atoms with Gasteiger partial charge in [-0.1, -0.05) is 76.6 Å². The van der Waals surface area contributed by atoms with E-state index in [1.807, 2.05) is 19.1 Å². The van der Waals surface area contributed by atoms with Crippen LogP contribution >= 0.6 is 46.3 Å². The van der Waals surface area contributed by atoms with Gasteiger partial charge in [0.15, 0.2) is 10.1 Å². The van der Waals surface area contributed by atoms with E-state index in [-0.39, 0.29) is 32.3 Å². The maximum atomic E-state index is 14.1. The number of thioether (sulfide) groups is 1. The van der Waals surface area contributed by atoms with E-state index in [0.29, 0.717) is 32.6 Å². The van der Waals surface area contributed by atoms with E-state index in [4.69, 9.17) is 23.2 Å². The van der Waals surface area contributed by atoms with Crippen LogP contribution in [0.1, 0.15) is 34.1 Å². The number of aliphatic hydroxyl groups is 1. The zero-order chi connectivity index (χ0) is 29.7. The number of carbonyl (C=O) groups excluding carboxylic acids is 2. The molecule has 1 aliphatic heterocycles. The number of rotatable bonds is 6. The Hall–Kier alpha value is -3.77. The number of pyridine rings is 1. The number of halogens is 3. The fourth-order valence-corrected chi connectivity index (χ4v) is 6.98. The predicted octanol–water partition coefficient (Wildman–Crippen LogP) is 7.17. The highest BCUT2D eigenvalue weighted by atomic mass is 35.5. The average Bonchev–Trinajstić information content (AvgIpc) is 3.65. The molecule has 0 bridgehead atoms. The van der Waals surface area contributed by atoms with Crippen molar-refractivity contribution in [2.75, 3.05) is 4.90 Å². The first kappa shape index (κ1) is 28.4. The zero-order valence-electron chi connectivity index (χ0n) is 22.0. The Morgan fingerprint density at radius 1 is 1.07 bits per heavy atom. The summed E-state index contributed by atoms with van der Waals surface area (Å²) in [7, 11) is 0. The van der Waals surface area contributed by atoms with Crippen LogP contribution in [0.2, 0.25) is 10.0 Å². The van der Waals surface area contributed by atoms with E-state index in [1.54, 1.807) is 47.9 Å². The minimum absolute atomic E-state index is 0.130.